The Balaban J connectivity index is 1.02. The molecule has 32 heavy (non-hydrogen) atoms. The van der Waals surface area contributed by atoms with Crippen LogP contribution in [-0.2, 0) is 4.74 Å². The number of nitrogens with one attached hydrogen (secondary N) is 1. The number of hydrogen-bond acceptors (Lipinski definition) is 5. The van der Waals surface area contributed by atoms with E-state index in [1.165, 1.54) is 32.5 Å². The van der Waals surface area contributed by atoms with Crippen LogP contribution in [0, 0.1) is 40.6 Å². The van der Waals surface area contributed by atoms with Gasteiger partial charge in [0.05, 0.1) is 18.9 Å². The Kier molecular flexibility index (Phi) is 4.91. The van der Waals surface area contributed by atoms with E-state index in [2.05, 4.69) is 20.4 Å². The van der Waals surface area contributed by atoms with Crippen LogP contribution in [0.3, 0.4) is 0 Å². The second-order valence-corrected chi connectivity index (χ2v) is 10.4. The Morgan fingerprint density at radius 3 is 2.41 bits per heavy atom. The second-order valence-electron chi connectivity index (χ2n) is 10.4. The predicted octanol–water partition coefficient (Wildman–Crippen LogP) is 4.11. The summed E-state index contributed by atoms with van der Waals surface area (Å²) >= 11 is 0. The van der Waals surface area contributed by atoms with Crippen LogP contribution in [0.15, 0.2) is 24.3 Å². The molecule has 3 atom stereocenters. The Labute approximate surface area is 185 Å². The van der Waals surface area contributed by atoms with E-state index in [1.54, 1.807) is 12.1 Å². The third-order valence-electron chi connectivity index (χ3n) is 7.89. The molecule has 170 valence electrons. The van der Waals surface area contributed by atoms with Crippen molar-refractivity contribution < 1.29 is 17.9 Å². The van der Waals surface area contributed by atoms with Crippen molar-refractivity contribution in [2.45, 2.75) is 31.7 Å². The molecule has 0 amide bonds. The molecule has 0 radical (unpaired) electrons. The van der Waals surface area contributed by atoms with E-state index < -0.39 is 17.5 Å². The van der Waals surface area contributed by atoms with Gasteiger partial charge in [-0.25, -0.2) is 13.2 Å². The third-order valence-corrected chi connectivity index (χ3v) is 7.89. The maximum Gasteiger partial charge on any atom is 0.168 e. The normalized spacial score (nSPS) is 29.0. The molecule has 4 aliphatic rings. The van der Waals surface area contributed by atoms with E-state index in [4.69, 9.17) is 4.74 Å². The lowest BCUT2D eigenvalue weighted by molar-refractivity contribution is -0.181. The number of hydrogen-bond donors (Lipinski definition) is 1. The van der Waals surface area contributed by atoms with Crippen LogP contribution in [0.1, 0.15) is 25.7 Å². The molecule has 1 N–H and O–H groups in total. The number of aromatic nitrogens is 2. The van der Waals surface area contributed by atoms with Gasteiger partial charge >= 0.3 is 0 Å². The number of fused-ring (bicyclic) bond motifs is 1. The van der Waals surface area contributed by atoms with E-state index in [1.807, 2.05) is 0 Å². The van der Waals surface area contributed by atoms with Gasteiger partial charge in [0.25, 0.3) is 0 Å². The predicted molar refractivity (Wildman–Crippen MR) is 113 cm³/mol. The molecule has 2 saturated carbocycles. The van der Waals surface area contributed by atoms with Gasteiger partial charge in [-0.1, -0.05) is 0 Å². The van der Waals surface area contributed by atoms with Crippen LogP contribution in [0.5, 0.6) is 0 Å². The molecule has 5 nitrogen and oxygen atoms in total. The molecule has 1 aromatic heterocycles. The highest BCUT2D eigenvalue weighted by atomic mass is 19.2. The molecular formula is C24H27F3N4O. The maximum absolute atomic E-state index is 14.0. The minimum Gasteiger partial charge on any atom is -0.380 e. The van der Waals surface area contributed by atoms with Gasteiger partial charge in [0.15, 0.2) is 11.6 Å². The fraction of sp³-hybridized carbons (Fsp3) is 0.583. The molecule has 0 unspecified atom stereocenters. The molecule has 6 rings (SSSR count). The van der Waals surface area contributed by atoms with Crippen LogP contribution in [0.2, 0.25) is 0 Å². The third kappa shape index (κ3) is 3.67. The summed E-state index contributed by atoms with van der Waals surface area (Å²) < 4.78 is 46.3. The van der Waals surface area contributed by atoms with Gasteiger partial charge in [-0.05, 0) is 61.6 Å². The monoisotopic (exact) mass is 444 g/mol. The number of anilines is 1. The number of halogens is 3. The van der Waals surface area contributed by atoms with Gasteiger partial charge in [-0.3, -0.25) is 0 Å². The van der Waals surface area contributed by atoms with E-state index >= 15 is 0 Å². The molecule has 3 heterocycles. The van der Waals surface area contributed by atoms with Crippen molar-refractivity contribution in [3.8, 4) is 11.3 Å². The lowest BCUT2D eigenvalue weighted by atomic mass is 9.60. The zero-order valence-corrected chi connectivity index (χ0v) is 17.9. The highest BCUT2D eigenvalue weighted by molar-refractivity contribution is 5.60. The van der Waals surface area contributed by atoms with Crippen LogP contribution in [-0.4, -0.2) is 54.0 Å². The Morgan fingerprint density at radius 1 is 1.03 bits per heavy atom. The molecule has 1 spiro atoms. The SMILES string of the molecule is Fc1cc(F)c(F)c(-c2ccc(N[C@@H]3C[C@@H]4CN(CC5CC6(COC6)C5)C[C@@H]4C3)nn2)c1. The van der Waals surface area contributed by atoms with Crippen molar-refractivity contribution >= 4 is 5.82 Å². The summed E-state index contributed by atoms with van der Waals surface area (Å²) in [5, 5.41) is 11.5. The first-order chi connectivity index (χ1) is 15.5. The Morgan fingerprint density at radius 2 is 1.78 bits per heavy atom. The van der Waals surface area contributed by atoms with Crippen molar-refractivity contribution in [3.05, 3.63) is 41.7 Å². The molecule has 2 aliphatic heterocycles. The first kappa shape index (κ1) is 20.4. The molecule has 2 aromatic rings. The first-order valence-corrected chi connectivity index (χ1v) is 11.5. The largest absolute Gasteiger partial charge is 0.380 e. The highest BCUT2D eigenvalue weighted by Gasteiger charge is 2.50. The zero-order chi connectivity index (χ0) is 21.9. The van der Waals surface area contributed by atoms with Gasteiger partial charge in [0.2, 0.25) is 0 Å². The summed E-state index contributed by atoms with van der Waals surface area (Å²) in [6.07, 6.45) is 4.89. The summed E-state index contributed by atoms with van der Waals surface area (Å²) in [5.41, 5.74) is 0.427. The molecular weight excluding hydrogens is 417 g/mol. The molecule has 8 heteroatoms. The van der Waals surface area contributed by atoms with Gasteiger partial charge < -0.3 is 15.0 Å². The van der Waals surface area contributed by atoms with Gasteiger partial charge in [0, 0.05) is 42.7 Å². The van der Waals surface area contributed by atoms with E-state index in [0.717, 1.165) is 38.0 Å². The minimum absolute atomic E-state index is 0.108. The highest BCUT2D eigenvalue weighted by Crippen LogP contribution is 2.51. The van der Waals surface area contributed by atoms with Gasteiger partial charge in [-0.15, -0.1) is 10.2 Å². The van der Waals surface area contributed by atoms with Gasteiger partial charge in [-0.2, -0.15) is 0 Å². The molecule has 4 fully saturated rings. The molecule has 0 bridgehead atoms. The lowest BCUT2D eigenvalue weighted by Gasteiger charge is -2.54. The Bertz CT molecular complexity index is 991. The standard InChI is InChI=1S/C24H27F3N4O/c25-17-5-19(23(27)20(26)6-17)21-1-2-22(30-29-21)28-18-3-15-10-31(11-16(15)4-18)9-14-7-24(8-14)12-32-13-24/h1-2,5-6,14-16,18H,3-4,7-13H2,(H,28,30)/t15-,16+,18-. The molecule has 2 aliphatic carbocycles. The maximum atomic E-state index is 14.0. The number of benzene rings is 1. The van der Waals surface area contributed by atoms with Crippen LogP contribution < -0.4 is 5.32 Å². The minimum atomic E-state index is -1.23. The summed E-state index contributed by atoms with van der Waals surface area (Å²) in [4.78, 5) is 2.66. The lowest BCUT2D eigenvalue weighted by Crippen LogP contribution is -2.54. The van der Waals surface area contributed by atoms with E-state index in [-0.39, 0.29) is 11.3 Å². The molecule has 1 aromatic carbocycles. The van der Waals surface area contributed by atoms with Crippen LogP contribution >= 0.6 is 0 Å². The summed E-state index contributed by atoms with van der Waals surface area (Å²) in [7, 11) is 0. The number of likely N-dealkylation sites (tertiary alicyclic amines) is 1. The smallest absolute Gasteiger partial charge is 0.168 e. The summed E-state index contributed by atoms with van der Waals surface area (Å²) in [6, 6.07) is 5.04. The first-order valence-electron chi connectivity index (χ1n) is 11.5. The molecule has 2 saturated heterocycles. The van der Waals surface area contributed by atoms with Crippen molar-refractivity contribution in [1.29, 1.82) is 0 Å². The zero-order valence-electron chi connectivity index (χ0n) is 17.9. The fourth-order valence-electron chi connectivity index (χ4n) is 6.45. The number of nitrogens with zero attached hydrogens (tertiary/aromatic N) is 3. The van der Waals surface area contributed by atoms with E-state index in [0.29, 0.717) is 35.2 Å². The van der Waals surface area contributed by atoms with Crippen LogP contribution in [0.25, 0.3) is 11.3 Å². The van der Waals surface area contributed by atoms with Crippen molar-refractivity contribution in [2.75, 3.05) is 38.2 Å². The average molecular weight is 445 g/mol. The number of rotatable bonds is 5. The van der Waals surface area contributed by atoms with Crippen LogP contribution in [0.4, 0.5) is 19.0 Å². The van der Waals surface area contributed by atoms with Crippen molar-refractivity contribution in [2.24, 2.45) is 23.2 Å². The summed E-state index contributed by atoms with van der Waals surface area (Å²) in [6.45, 7) is 5.53. The van der Waals surface area contributed by atoms with E-state index in [9.17, 15) is 13.2 Å². The fourth-order valence-corrected chi connectivity index (χ4v) is 6.45. The van der Waals surface area contributed by atoms with Crippen molar-refractivity contribution in [3.63, 3.8) is 0 Å². The summed E-state index contributed by atoms with van der Waals surface area (Å²) in [5.74, 6) is -0.317. The quantitative estimate of drug-likeness (QED) is 0.704. The van der Waals surface area contributed by atoms with Crippen molar-refractivity contribution in [1.82, 2.24) is 15.1 Å². The topological polar surface area (TPSA) is 50.3 Å². The van der Waals surface area contributed by atoms with Gasteiger partial charge in [0.1, 0.15) is 11.6 Å². The number of ether oxygens (including phenoxy) is 1. The second kappa shape index (κ2) is 7.70. The Hall–Kier alpha value is -2.19. The average Bonchev–Trinajstić information content (AvgIpc) is 3.24.